The maximum atomic E-state index is 13.8. The van der Waals surface area contributed by atoms with Crippen molar-refractivity contribution in [2.45, 2.75) is 6.61 Å². The average Bonchev–Trinajstić information content (AvgIpc) is 2.46. The van der Waals surface area contributed by atoms with Crippen LogP contribution in [0.3, 0.4) is 0 Å². The Kier molecular flexibility index (Phi) is 4.74. The molecule has 0 saturated carbocycles. The molecular formula is C15H12BrFO3. The van der Waals surface area contributed by atoms with Gasteiger partial charge < -0.3 is 9.47 Å². The van der Waals surface area contributed by atoms with Crippen LogP contribution in [-0.4, -0.2) is 13.4 Å². The Bertz CT molecular complexity index is 629. The van der Waals surface area contributed by atoms with Gasteiger partial charge in [0.15, 0.2) is 6.29 Å². The Morgan fingerprint density at radius 2 is 2.10 bits per heavy atom. The van der Waals surface area contributed by atoms with Crippen LogP contribution in [0.2, 0.25) is 0 Å². The van der Waals surface area contributed by atoms with Crippen LogP contribution in [0.25, 0.3) is 0 Å². The summed E-state index contributed by atoms with van der Waals surface area (Å²) in [5, 5.41) is 0. The second-order valence-electron chi connectivity index (χ2n) is 4.02. The van der Waals surface area contributed by atoms with E-state index in [1.807, 2.05) is 0 Å². The monoisotopic (exact) mass is 338 g/mol. The van der Waals surface area contributed by atoms with Gasteiger partial charge in [0.2, 0.25) is 0 Å². The van der Waals surface area contributed by atoms with Crippen LogP contribution in [0.15, 0.2) is 40.9 Å². The Morgan fingerprint density at radius 3 is 2.75 bits per heavy atom. The summed E-state index contributed by atoms with van der Waals surface area (Å²) in [6.07, 6.45) is 0.699. The SMILES string of the molecule is COc1ccc(COc2c(Br)cccc2C=O)c(F)c1. The molecule has 0 amide bonds. The van der Waals surface area contributed by atoms with Crippen molar-refractivity contribution in [2.24, 2.45) is 0 Å². The highest BCUT2D eigenvalue weighted by Gasteiger charge is 2.10. The van der Waals surface area contributed by atoms with E-state index in [9.17, 15) is 9.18 Å². The molecule has 2 rings (SSSR count). The lowest BCUT2D eigenvalue weighted by Gasteiger charge is -2.11. The molecule has 0 aliphatic rings. The number of para-hydroxylation sites is 1. The van der Waals surface area contributed by atoms with Crippen molar-refractivity contribution in [3.63, 3.8) is 0 Å². The minimum absolute atomic E-state index is 0.0271. The molecule has 5 heteroatoms. The predicted octanol–water partition coefficient (Wildman–Crippen LogP) is 3.99. The quantitative estimate of drug-likeness (QED) is 0.773. The highest BCUT2D eigenvalue weighted by Crippen LogP contribution is 2.29. The van der Waals surface area contributed by atoms with Gasteiger partial charge >= 0.3 is 0 Å². The van der Waals surface area contributed by atoms with Gasteiger partial charge in [-0.15, -0.1) is 0 Å². The van der Waals surface area contributed by atoms with Crippen molar-refractivity contribution in [1.82, 2.24) is 0 Å². The Balaban J connectivity index is 2.19. The lowest BCUT2D eigenvalue weighted by atomic mass is 10.2. The highest BCUT2D eigenvalue weighted by atomic mass is 79.9. The summed E-state index contributed by atoms with van der Waals surface area (Å²) in [5.74, 6) is 0.433. The standard InChI is InChI=1S/C15H12BrFO3/c1-19-12-6-5-11(14(17)7-12)9-20-15-10(8-18)3-2-4-13(15)16/h2-8H,9H2,1H3. The number of carbonyl (C=O) groups excluding carboxylic acids is 1. The van der Waals surface area contributed by atoms with Gasteiger partial charge in [0.1, 0.15) is 23.9 Å². The number of aldehydes is 1. The Morgan fingerprint density at radius 1 is 1.30 bits per heavy atom. The molecule has 0 aromatic heterocycles. The molecule has 0 N–H and O–H groups in total. The van der Waals surface area contributed by atoms with Gasteiger partial charge in [-0.25, -0.2) is 4.39 Å². The van der Waals surface area contributed by atoms with Gasteiger partial charge in [-0.1, -0.05) is 6.07 Å². The van der Waals surface area contributed by atoms with E-state index in [1.165, 1.54) is 13.2 Å². The van der Waals surface area contributed by atoms with Crippen molar-refractivity contribution in [2.75, 3.05) is 7.11 Å². The number of hydrogen-bond acceptors (Lipinski definition) is 3. The van der Waals surface area contributed by atoms with E-state index in [2.05, 4.69) is 15.9 Å². The molecule has 2 aromatic rings. The molecule has 0 fully saturated rings. The maximum absolute atomic E-state index is 13.8. The minimum atomic E-state index is -0.413. The number of carbonyl (C=O) groups is 1. The van der Waals surface area contributed by atoms with Crippen LogP contribution < -0.4 is 9.47 Å². The number of ether oxygens (including phenoxy) is 2. The minimum Gasteiger partial charge on any atom is -0.497 e. The topological polar surface area (TPSA) is 35.5 Å². The van der Waals surface area contributed by atoms with Gasteiger partial charge in [0.05, 0.1) is 17.1 Å². The van der Waals surface area contributed by atoms with Gasteiger partial charge in [-0.05, 0) is 40.2 Å². The van der Waals surface area contributed by atoms with E-state index in [1.54, 1.807) is 30.3 Å². The highest BCUT2D eigenvalue weighted by molar-refractivity contribution is 9.10. The number of methoxy groups -OCH3 is 1. The summed E-state index contributed by atoms with van der Waals surface area (Å²) in [6.45, 7) is 0.0271. The zero-order valence-corrected chi connectivity index (χ0v) is 12.3. The van der Waals surface area contributed by atoms with Gasteiger partial charge in [0, 0.05) is 11.6 Å². The van der Waals surface area contributed by atoms with Crippen molar-refractivity contribution >= 4 is 22.2 Å². The van der Waals surface area contributed by atoms with Crippen LogP contribution in [0, 0.1) is 5.82 Å². The number of rotatable bonds is 5. The molecular weight excluding hydrogens is 327 g/mol. The molecule has 0 bridgehead atoms. The Labute approximate surface area is 124 Å². The van der Waals surface area contributed by atoms with Gasteiger partial charge in [-0.3, -0.25) is 4.79 Å². The molecule has 2 aromatic carbocycles. The molecule has 0 heterocycles. The molecule has 0 radical (unpaired) electrons. The normalized spacial score (nSPS) is 10.2. The fourth-order valence-corrected chi connectivity index (χ4v) is 2.19. The predicted molar refractivity (Wildman–Crippen MR) is 76.8 cm³/mol. The van der Waals surface area contributed by atoms with Crippen LogP contribution in [0.5, 0.6) is 11.5 Å². The van der Waals surface area contributed by atoms with Gasteiger partial charge in [0.25, 0.3) is 0 Å². The smallest absolute Gasteiger partial charge is 0.153 e. The first kappa shape index (κ1) is 14.5. The summed E-state index contributed by atoms with van der Waals surface area (Å²) in [4.78, 5) is 10.9. The molecule has 3 nitrogen and oxygen atoms in total. The van der Waals surface area contributed by atoms with Crippen LogP contribution in [0.1, 0.15) is 15.9 Å². The van der Waals surface area contributed by atoms with E-state index >= 15 is 0 Å². The molecule has 0 unspecified atom stereocenters. The van der Waals surface area contributed by atoms with Gasteiger partial charge in [-0.2, -0.15) is 0 Å². The first-order chi connectivity index (χ1) is 9.65. The van der Waals surface area contributed by atoms with Crippen molar-refractivity contribution in [3.05, 3.63) is 57.8 Å². The lowest BCUT2D eigenvalue weighted by Crippen LogP contribution is -2.01. The van der Waals surface area contributed by atoms with E-state index in [4.69, 9.17) is 9.47 Å². The van der Waals surface area contributed by atoms with E-state index in [-0.39, 0.29) is 6.61 Å². The zero-order valence-electron chi connectivity index (χ0n) is 10.7. The molecule has 0 aliphatic heterocycles. The van der Waals surface area contributed by atoms with E-state index < -0.39 is 5.82 Å². The summed E-state index contributed by atoms with van der Waals surface area (Å²) in [6, 6.07) is 9.66. The lowest BCUT2D eigenvalue weighted by molar-refractivity contribution is 0.111. The summed E-state index contributed by atoms with van der Waals surface area (Å²) < 4.78 is 24.9. The second-order valence-corrected chi connectivity index (χ2v) is 4.88. The third-order valence-electron chi connectivity index (χ3n) is 2.76. The molecule has 0 spiro atoms. The molecule has 20 heavy (non-hydrogen) atoms. The fourth-order valence-electron chi connectivity index (χ4n) is 1.69. The van der Waals surface area contributed by atoms with Crippen LogP contribution in [0.4, 0.5) is 4.39 Å². The van der Waals surface area contributed by atoms with Crippen LogP contribution >= 0.6 is 15.9 Å². The maximum Gasteiger partial charge on any atom is 0.153 e. The number of halogens is 2. The number of benzene rings is 2. The molecule has 104 valence electrons. The fraction of sp³-hybridized carbons (Fsp3) is 0.133. The average molecular weight is 339 g/mol. The zero-order chi connectivity index (χ0) is 14.5. The first-order valence-corrected chi connectivity index (χ1v) is 6.64. The second kappa shape index (κ2) is 6.52. The number of hydrogen-bond donors (Lipinski definition) is 0. The first-order valence-electron chi connectivity index (χ1n) is 5.84. The Hall–Kier alpha value is -1.88. The van der Waals surface area contributed by atoms with Crippen LogP contribution in [-0.2, 0) is 6.61 Å². The molecule has 0 aliphatic carbocycles. The third-order valence-corrected chi connectivity index (χ3v) is 3.38. The summed E-state index contributed by atoms with van der Waals surface area (Å²) in [5.41, 5.74) is 0.798. The third kappa shape index (κ3) is 3.17. The molecule has 0 saturated heterocycles. The van der Waals surface area contributed by atoms with E-state index in [0.29, 0.717) is 33.4 Å². The van der Waals surface area contributed by atoms with Crippen molar-refractivity contribution < 1.29 is 18.7 Å². The molecule has 0 atom stereocenters. The largest absolute Gasteiger partial charge is 0.497 e. The summed E-state index contributed by atoms with van der Waals surface area (Å²) >= 11 is 3.31. The van der Waals surface area contributed by atoms with Crippen molar-refractivity contribution in [1.29, 1.82) is 0 Å². The van der Waals surface area contributed by atoms with Crippen molar-refractivity contribution in [3.8, 4) is 11.5 Å². The summed E-state index contributed by atoms with van der Waals surface area (Å²) in [7, 11) is 1.47. The van der Waals surface area contributed by atoms with E-state index in [0.717, 1.165) is 0 Å².